The summed E-state index contributed by atoms with van der Waals surface area (Å²) < 4.78 is 25.1. The molecule has 7 nitrogen and oxygen atoms in total. The summed E-state index contributed by atoms with van der Waals surface area (Å²) in [5, 5.41) is 10.2. The van der Waals surface area contributed by atoms with Crippen molar-refractivity contribution in [2.24, 2.45) is 0 Å². The molecule has 0 aliphatic carbocycles. The number of nitriles is 1. The first-order valence-electron chi connectivity index (χ1n) is 13.1. The van der Waals surface area contributed by atoms with Crippen LogP contribution in [0.4, 0.5) is 10.5 Å². The minimum absolute atomic E-state index is 0.0397. The van der Waals surface area contributed by atoms with Gasteiger partial charge in [0.1, 0.15) is 11.7 Å². The van der Waals surface area contributed by atoms with E-state index < -0.39 is 43.7 Å². The molecule has 37 heavy (non-hydrogen) atoms. The maximum Gasteiger partial charge on any atom is 0.494 e. The van der Waals surface area contributed by atoms with E-state index in [1.54, 1.807) is 11.0 Å². The van der Waals surface area contributed by atoms with E-state index in [1.807, 2.05) is 54.5 Å². The summed E-state index contributed by atoms with van der Waals surface area (Å²) >= 11 is 0. The van der Waals surface area contributed by atoms with Crippen molar-refractivity contribution in [3.63, 3.8) is 0 Å². The lowest BCUT2D eigenvalue weighted by Gasteiger charge is -2.39. The van der Waals surface area contributed by atoms with E-state index in [9.17, 15) is 10.1 Å². The Hall–Kier alpha value is -1.86. The molecular formula is C28H45BN2O5Si. The zero-order valence-corrected chi connectivity index (χ0v) is 26.1. The van der Waals surface area contributed by atoms with Gasteiger partial charge in [0.15, 0.2) is 8.32 Å². The van der Waals surface area contributed by atoms with Gasteiger partial charge in [0, 0.05) is 18.6 Å². The van der Waals surface area contributed by atoms with Crippen LogP contribution in [0, 0.1) is 11.3 Å². The summed E-state index contributed by atoms with van der Waals surface area (Å²) in [4.78, 5) is 15.0. The standard InChI is InChI=1S/C28H45BN2O5Si/c1-24(2,3)34-23(32)31-17-28(11,18-33-37(12,13)25(4,5)6)21-15-20(14-19(16-30)22(21)31)29-35-26(7,8)27(9,10)36-29/h14-15H,17-18H2,1-13H3. The van der Waals surface area contributed by atoms with Crippen LogP contribution in [0.5, 0.6) is 0 Å². The molecule has 0 saturated carbocycles. The van der Waals surface area contributed by atoms with Gasteiger partial charge in [-0.25, -0.2) is 4.79 Å². The van der Waals surface area contributed by atoms with Crippen LogP contribution in [0.25, 0.3) is 0 Å². The molecule has 9 heteroatoms. The minimum atomic E-state index is -2.08. The molecule has 1 saturated heterocycles. The highest BCUT2D eigenvalue weighted by atomic mass is 28.4. The van der Waals surface area contributed by atoms with Crippen LogP contribution in [0.15, 0.2) is 12.1 Å². The molecule has 0 aromatic heterocycles. The number of anilines is 1. The van der Waals surface area contributed by atoms with Crippen molar-refractivity contribution >= 4 is 32.7 Å². The fraction of sp³-hybridized carbons (Fsp3) is 0.714. The average Bonchev–Trinajstić information content (AvgIpc) is 3.14. The molecule has 0 bridgehead atoms. The molecule has 1 atom stereocenters. The molecule has 2 aliphatic heterocycles. The monoisotopic (exact) mass is 528 g/mol. The summed E-state index contributed by atoms with van der Waals surface area (Å²) in [6.45, 7) is 27.5. The van der Waals surface area contributed by atoms with Gasteiger partial charge in [-0.1, -0.05) is 33.8 Å². The van der Waals surface area contributed by atoms with Crippen LogP contribution >= 0.6 is 0 Å². The Morgan fingerprint density at radius 1 is 1.08 bits per heavy atom. The van der Waals surface area contributed by atoms with Gasteiger partial charge in [-0.15, -0.1) is 0 Å². The van der Waals surface area contributed by atoms with Gasteiger partial charge in [0.25, 0.3) is 0 Å². The Morgan fingerprint density at radius 3 is 2.08 bits per heavy atom. The maximum absolute atomic E-state index is 13.4. The van der Waals surface area contributed by atoms with Gasteiger partial charge in [-0.2, -0.15) is 5.26 Å². The normalized spacial score (nSPS) is 23.1. The summed E-state index contributed by atoms with van der Waals surface area (Å²) in [7, 11) is -2.70. The first kappa shape index (κ1) is 29.7. The second kappa shape index (κ2) is 9.12. The lowest BCUT2D eigenvalue weighted by Crippen LogP contribution is -2.46. The first-order valence-corrected chi connectivity index (χ1v) is 16.0. The predicted molar refractivity (Wildman–Crippen MR) is 151 cm³/mol. The van der Waals surface area contributed by atoms with Gasteiger partial charge in [-0.3, -0.25) is 4.90 Å². The molecule has 1 unspecified atom stereocenters. The fourth-order valence-electron chi connectivity index (χ4n) is 4.27. The number of benzene rings is 1. The van der Waals surface area contributed by atoms with Crippen molar-refractivity contribution in [3.05, 3.63) is 23.3 Å². The third-order valence-corrected chi connectivity index (χ3v) is 12.9. The van der Waals surface area contributed by atoms with Crippen molar-refractivity contribution in [3.8, 4) is 6.07 Å². The van der Waals surface area contributed by atoms with Gasteiger partial charge in [-0.05, 0) is 83.7 Å². The van der Waals surface area contributed by atoms with Crippen molar-refractivity contribution in [2.45, 2.75) is 117 Å². The zero-order valence-electron chi connectivity index (χ0n) is 25.1. The quantitative estimate of drug-likeness (QED) is 0.453. The van der Waals surface area contributed by atoms with Crippen LogP contribution in [0.1, 0.15) is 87.3 Å². The third kappa shape index (κ3) is 5.63. The Kier molecular flexibility index (Phi) is 7.32. The molecule has 2 aliphatic rings. The molecule has 1 aromatic carbocycles. The number of ether oxygens (including phenoxy) is 1. The molecule has 1 fully saturated rings. The number of hydrogen-bond acceptors (Lipinski definition) is 6. The SMILES string of the molecule is CC(C)(C)OC(=O)N1CC(C)(CO[Si](C)(C)C(C)(C)C)c2cc(B3OC(C)(C)C(C)(C)O3)cc(C#N)c21. The Bertz CT molecular complexity index is 1100. The molecule has 0 N–H and O–H groups in total. The van der Waals surface area contributed by atoms with E-state index in [2.05, 4.69) is 46.9 Å². The second-order valence-corrected chi connectivity index (χ2v) is 19.2. The molecule has 1 aromatic rings. The van der Waals surface area contributed by atoms with E-state index in [1.165, 1.54) is 0 Å². The lowest BCUT2D eigenvalue weighted by molar-refractivity contribution is 0.00578. The zero-order chi connectivity index (χ0) is 28.4. The Morgan fingerprint density at radius 2 is 1.62 bits per heavy atom. The number of carbonyl (C=O) groups is 1. The number of rotatable bonds is 4. The topological polar surface area (TPSA) is 81.0 Å². The molecule has 0 radical (unpaired) electrons. The van der Waals surface area contributed by atoms with Crippen molar-refractivity contribution < 1.29 is 23.3 Å². The van der Waals surface area contributed by atoms with Gasteiger partial charge >= 0.3 is 13.2 Å². The van der Waals surface area contributed by atoms with Gasteiger partial charge < -0.3 is 18.5 Å². The van der Waals surface area contributed by atoms with E-state index in [-0.39, 0.29) is 5.04 Å². The Labute approximate surface area is 225 Å². The molecule has 204 valence electrons. The van der Waals surface area contributed by atoms with Crippen molar-refractivity contribution in [1.29, 1.82) is 5.26 Å². The maximum atomic E-state index is 13.4. The van der Waals surface area contributed by atoms with E-state index >= 15 is 0 Å². The van der Waals surface area contributed by atoms with Crippen LogP contribution < -0.4 is 10.4 Å². The number of hydrogen-bond donors (Lipinski definition) is 0. The number of amides is 1. The average molecular weight is 529 g/mol. The Balaban J connectivity index is 2.12. The van der Waals surface area contributed by atoms with Gasteiger partial charge in [0.05, 0.1) is 22.5 Å². The fourth-order valence-corrected chi connectivity index (χ4v) is 5.39. The molecule has 0 spiro atoms. The van der Waals surface area contributed by atoms with Crippen LogP contribution in [0.2, 0.25) is 18.1 Å². The van der Waals surface area contributed by atoms with Crippen molar-refractivity contribution in [2.75, 3.05) is 18.1 Å². The number of carbonyl (C=O) groups excluding carboxylic acids is 1. The number of nitrogens with zero attached hydrogens (tertiary/aromatic N) is 2. The highest BCUT2D eigenvalue weighted by Crippen LogP contribution is 2.46. The predicted octanol–water partition coefficient (Wildman–Crippen LogP) is 5.89. The summed E-state index contributed by atoms with van der Waals surface area (Å²) in [6.07, 6.45) is -0.468. The molecule has 2 heterocycles. The highest BCUT2D eigenvalue weighted by Gasteiger charge is 2.53. The van der Waals surface area contributed by atoms with E-state index in [0.717, 1.165) is 11.0 Å². The van der Waals surface area contributed by atoms with Crippen LogP contribution in [0.3, 0.4) is 0 Å². The minimum Gasteiger partial charge on any atom is -0.443 e. The smallest absolute Gasteiger partial charge is 0.443 e. The van der Waals surface area contributed by atoms with Crippen molar-refractivity contribution in [1.82, 2.24) is 0 Å². The third-order valence-electron chi connectivity index (χ3n) is 8.38. The van der Waals surface area contributed by atoms with Crippen LogP contribution in [-0.4, -0.2) is 51.5 Å². The van der Waals surface area contributed by atoms with Crippen LogP contribution in [-0.2, 0) is 23.9 Å². The summed E-state index contributed by atoms with van der Waals surface area (Å²) in [5.41, 5.74) is 0.375. The molecule has 1 amide bonds. The lowest BCUT2D eigenvalue weighted by atomic mass is 9.74. The van der Waals surface area contributed by atoms with E-state index in [4.69, 9.17) is 18.5 Å². The summed E-state index contributed by atoms with van der Waals surface area (Å²) in [6, 6.07) is 6.12. The first-order chi connectivity index (χ1) is 16.5. The van der Waals surface area contributed by atoms with Gasteiger partial charge in [0.2, 0.25) is 0 Å². The molecular weight excluding hydrogens is 483 g/mol. The van der Waals surface area contributed by atoms with E-state index in [0.29, 0.717) is 24.4 Å². The summed E-state index contributed by atoms with van der Waals surface area (Å²) in [5.74, 6) is 0. The second-order valence-electron chi connectivity index (χ2n) is 14.3. The number of fused-ring (bicyclic) bond motifs is 1. The molecule has 3 rings (SSSR count). The highest BCUT2D eigenvalue weighted by molar-refractivity contribution is 6.74. The largest absolute Gasteiger partial charge is 0.494 e.